The van der Waals surface area contributed by atoms with Crippen LogP contribution in [0, 0.1) is 11.3 Å². The molecule has 0 N–H and O–H groups in total. The zero-order chi connectivity index (χ0) is 10.7. The van der Waals surface area contributed by atoms with Crippen molar-refractivity contribution in [1.29, 1.82) is 5.26 Å². The molecule has 1 aromatic rings. The van der Waals surface area contributed by atoms with E-state index in [0.717, 1.165) is 12.2 Å². The Labute approximate surface area is 88.3 Å². The van der Waals surface area contributed by atoms with Crippen LogP contribution in [0.15, 0.2) is 12.3 Å². The van der Waals surface area contributed by atoms with Gasteiger partial charge in [-0.1, -0.05) is 0 Å². The summed E-state index contributed by atoms with van der Waals surface area (Å²) >= 11 is 0. The summed E-state index contributed by atoms with van der Waals surface area (Å²) < 4.78 is 5.35. The van der Waals surface area contributed by atoms with Crippen LogP contribution in [-0.4, -0.2) is 36.0 Å². The summed E-state index contributed by atoms with van der Waals surface area (Å²) in [5.41, 5.74) is 1.23. The Kier molecular flexibility index (Phi) is 2.79. The molecule has 5 nitrogen and oxygen atoms in total. The number of nitrogens with zero attached hydrogens (tertiary/aromatic N) is 4. The molecule has 0 amide bonds. The van der Waals surface area contributed by atoms with Gasteiger partial charge in [-0.25, -0.2) is 0 Å². The molecule has 0 aliphatic carbocycles. The fraction of sp³-hybridized carbons (Fsp3) is 0.500. The number of rotatable bonds is 1. The van der Waals surface area contributed by atoms with E-state index in [1.54, 1.807) is 6.20 Å². The Balaban J connectivity index is 2.31. The maximum absolute atomic E-state index is 8.92. The largest absolute Gasteiger partial charge is 0.377 e. The topological polar surface area (TPSA) is 62.0 Å². The molecular formula is C10H12N4O. The van der Waals surface area contributed by atoms with Crippen molar-refractivity contribution < 1.29 is 4.74 Å². The van der Waals surface area contributed by atoms with Gasteiger partial charge in [0, 0.05) is 12.6 Å². The van der Waals surface area contributed by atoms with Crippen LogP contribution >= 0.6 is 0 Å². The second kappa shape index (κ2) is 4.24. The van der Waals surface area contributed by atoms with Gasteiger partial charge in [0.1, 0.15) is 6.07 Å². The first-order valence-electron chi connectivity index (χ1n) is 4.89. The van der Waals surface area contributed by atoms with Gasteiger partial charge in [0.25, 0.3) is 0 Å². The highest BCUT2D eigenvalue weighted by Crippen LogP contribution is 2.21. The van der Waals surface area contributed by atoms with Crippen molar-refractivity contribution in [2.24, 2.45) is 0 Å². The molecule has 1 aliphatic heterocycles. The van der Waals surface area contributed by atoms with Crippen LogP contribution < -0.4 is 4.90 Å². The molecule has 1 fully saturated rings. The molecular weight excluding hydrogens is 192 g/mol. The summed E-state index contributed by atoms with van der Waals surface area (Å²) in [7, 11) is 0. The van der Waals surface area contributed by atoms with Crippen molar-refractivity contribution in [2.75, 3.05) is 24.7 Å². The van der Waals surface area contributed by atoms with Gasteiger partial charge in [-0.2, -0.15) is 10.4 Å². The predicted molar refractivity (Wildman–Crippen MR) is 54.4 cm³/mol. The van der Waals surface area contributed by atoms with Crippen molar-refractivity contribution in [3.63, 3.8) is 0 Å². The third-order valence-electron chi connectivity index (χ3n) is 2.48. The number of ether oxygens (including phenoxy) is 1. The van der Waals surface area contributed by atoms with Crippen LogP contribution in [0.5, 0.6) is 0 Å². The molecule has 0 saturated carbocycles. The molecule has 0 bridgehead atoms. The van der Waals surface area contributed by atoms with Crippen molar-refractivity contribution in [1.82, 2.24) is 10.2 Å². The van der Waals surface area contributed by atoms with E-state index < -0.39 is 0 Å². The zero-order valence-electron chi connectivity index (χ0n) is 8.55. The molecule has 1 aromatic heterocycles. The van der Waals surface area contributed by atoms with Gasteiger partial charge in [-0.15, -0.1) is 5.10 Å². The molecule has 1 saturated heterocycles. The molecule has 0 aromatic carbocycles. The second-order valence-corrected chi connectivity index (χ2v) is 3.49. The number of anilines is 1. The van der Waals surface area contributed by atoms with E-state index >= 15 is 0 Å². The van der Waals surface area contributed by atoms with Crippen molar-refractivity contribution in [2.45, 2.75) is 13.0 Å². The number of morpholine rings is 1. The smallest absolute Gasteiger partial charge is 0.186 e. The normalized spacial score (nSPS) is 21.1. The Morgan fingerprint density at radius 1 is 1.67 bits per heavy atom. The van der Waals surface area contributed by atoms with Crippen LogP contribution in [0.3, 0.4) is 0 Å². The Hall–Kier alpha value is -1.67. The Morgan fingerprint density at radius 3 is 3.27 bits per heavy atom. The average Bonchev–Trinajstić information content (AvgIpc) is 2.30. The van der Waals surface area contributed by atoms with Crippen LogP contribution in [0.2, 0.25) is 0 Å². The molecule has 0 radical (unpaired) electrons. The van der Waals surface area contributed by atoms with Crippen molar-refractivity contribution in [3.05, 3.63) is 18.0 Å². The zero-order valence-corrected chi connectivity index (χ0v) is 8.55. The fourth-order valence-corrected chi connectivity index (χ4v) is 1.72. The van der Waals surface area contributed by atoms with E-state index in [0.29, 0.717) is 18.9 Å². The lowest BCUT2D eigenvalue weighted by Gasteiger charge is -2.35. The van der Waals surface area contributed by atoms with E-state index in [1.165, 1.54) is 0 Å². The van der Waals surface area contributed by atoms with Crippen LogP contribution in [0.1, 0.15) is 12.6 Å². The summed E-state index contributed by atoms with van der Waals surface area (Å²) in [4.78, 5) is 2.14. The minimum atomic E-state index is 0.273. The van der Waals surface area contributed by atoms with Gasteiger partial charge in [0.15, 0.2) is 5.69 Å². The van der Waals surface area contributed by atoms with Gasteiger partial charge in [-0.3, -0.25) is 0 Å². The van der Waals surface area contributed by atoms with Gasteiger partial charge < -0.3 is 9.64 Å². The van der Waals surface area contributed by atoms with E-state index in [9.17, 15) is 0 Å². The first-order chi connectivity index (χ1) is 7.33. The Bertz CT molecular complexity index is 387. The fourth-order valence-electron chi connectivity index (χ4n) is 1.72. The van der Waals surface area contributed by atoms with Crippen molar-refractivity contribution >= 4 is 5.69 Å². The predicted octanol–water partition coefficient (Wildman–Crippen LogP) is 0.573. The molecule has 2 rings (SSSR count). The molecule has 2 heterocycles. The lowest BCUT2D eigenvalue weighted by Crippen LogP contribution is -2.44. The summed E-state index contributed by atoms with van der Waals surface area (Å²) in [5, 5.41) is 16.4. The molecule has 15 heavy (non-hydrogen) atoms. The first-order valence-corrected chi connectivity index (χ1v) is 4.89. The first kappa shape index (κ1) is 9.87. The summed E-state index contributed by atoms with van der Waals surface area (Å²) in [6.45, 7) is 4.24. The monoisotopic (exact) mass is 204 g/mol. The molecule has 0 spiro atoms. The number of hydrogen-bond donors (Lipinski definition) is 0. The van der Waals surface area contributed by atoms with E-state index in [2.05, 4.69) is 28.1 Å². The standard InChI is InChI=1S/C10H12N4O/c1-8-7-15-5-4-14(8)10-2-3-12-13-9(10)6-11/h2-3,8H,4-5,7H2,1H3. The number of aromatic nitrogens is 2. The highest BCUT2D eigenvalue weighted by molar-refractivity contribution is 5.55. The summed E-state index contributed by atoms with van der Waals surface area (Å²) in [6, 6.07) is 4.16. The van der Waals surface area contributed by atoms with E-state index in [4.69, 9.17) is 10.00 Å². The third-order valence-corrected chi connectivity index (χ3v) is 2.48. The molecule has 1 atom stereocenters. The highest BCUT2D eigenvalue weighted by Gasteiger charge is 2.21. The van der Waals surface area contributed by atoms with Crippen LogP contribution in [0.25, 0.3) is 0 Å². The lowest BCUT2D eigenvalue weighted by atomic mass is 10.2. The maximum Gasteiger partial charge on any atom is 0.186 e. The SMILES string of the molecule is CC1COCCN1c1ccnnc1C#N. The highest BCUT2D eigenvalue weighted by atomic mass is 16.5. The molecule has 1 unspecified atom stereocenters. The second-order valence-electron chi connectivity index (χ2n) is 3.49. The minimum Gasteiger partial charge on any atom is -0.377 e. The van der Waals surface area contributed by atoms with E-state index in [1.807, 2.05) is 6.07 Å². The van der Waals surface area contributed by atoms with Gasteiger partial charge in [-0.05, 0) is 13.0 Å². The van der Waals surface area contributed by atoms with Gasteiger partial charge in [0.2, 0.25) is 0 Å². The maximum atomic E-state index is 8.92. The lowest BCUT2D eigenvalue weighted by molar-refractivity contribution is 0.0989. The number of hydrogen-bond acceptors (Lipinski definition) is 5. The Morgan fingerprint density at radius 2 is 2.53 bits per heavy atom. The summed E-state index contributed by atoms with van der Waals surface area (Å²) in [5.74, 6) is 0. The van der Waals surface area contributed by atoms with E-state index in [-0.39, 0.29) is 6.04 Å². The number of nitriles is 1. The average molecular weight is 204 g/mol. The van der Waals surface area contributed by atoms with Gasteiger partial charge in [0.05, 0.1) is 25.1 Å². The third kappa shape index (κ3) is 1.90. The quantitative estimate of drug-likeness (QED) is 0.669. The van der Waals surface area contributed by atoms with Gasteiger partial charge >= 0.3 is 0 Å². The minimum absolute atomic E-state index is 0.273. The molecule has 5 heteroatoms. The van der Waals surface area contributed by atoms with Crippen LogP contribution in [0.4, 0.5) is 5.69 Å². The molecule has 78 valence electrons. The summed E-state index contributed by atoms with van der Waals surface area (Å²) in [6.07, 6.45) is 1.61. The van der Waals surface area contributed by atoms with Crippen LogP contribution in [-0.2, 0) is 4.74 Å². The molecule has 1 aliphatic rings. The van der Waals surface area contributed by atoms with Crippen molar-refractivity contribution in [3.8, 4) is 6.07 Å².